The third-order valence-corrected chi connectivity index (χ3v) is 1.97. The van der Waals surface area contributed by atoms with Crippen molar-refractivity contribution >= 4 is 17.6 Å². The molecule has 0 aliphatic rings. The second-order valence-corrected chi connectivity index (χ2v) is 3.15. The highest BCUT2D eigenvalue weighted by Gasteiger charge is 2.16. The van der Waals surface area contributed by atoms with Crippen LogP contribution in [0.5, 0.6) is 0 Å². The van der Waals surface area contributed by atoms with E-state index >= 15 is 0 Å². The monoisotopic (exact) mass is 224 g/mol. The summed E-state index contributed by atoms with van der Waals surface area (Å²) in [6.07, 6.45) is 0. The molecule has 2 aromatic rings. The van der Waals surface area contributed by atoms with Crippen LogP contribution < -0.4 is 5.73 Å². The number of hydrogen-bond acceptors (Lipinski definition) is 9. The number of rotatable bonds is 3. The van der Waals surface area contributed by atoms with Gasteiger partial charge in [-0.15, -0.1) is 0 Å². The molecule has 0 amide bonds. The van der Waals surface area contributed by atoms with Gasteiger partial charge in [0.1, 0.15) is 5.40 Å². The van der Waals surface area contributed by atoms with Crippen molar-refractivity contribution in [3.8, 4) is 16.9 Å². The lowest BCUT2D eigenvalue weighted by Crippen LogP contribution is -1.90. The highest BCUT2D eigenvalue weighted by molar-refractivity contribution is 8.02. The number of nitriles is 1. The van der Waals surface area contributed by atoms with Crippen molar-refractivity contribution < 1.29 is 9.15 Å². The number of anilines is 1. The normalized spacial score (nSPS) is 10.1. The summed E-state index contributed by atoms with van der Waals surface area (Å²) < 4.78 is 9.23. The van der Waals surface area contributed by atoms with Crippen LogP contribution in [0.4, 0.5) is 5.82 Å². The van der Waals surface area contributed by atoms with Gasteiger partial charge in [0.25, 0.3) is 0 Å². The summed E-state index contributed by atoms with van der Waals surface area (Å²) in [5, 5.41) is 20.7. The Morgan fingerprint density at radius 1 is 1.40 bits per heavy atom. The molecule has 0 saturated carbocycles. The van der Waals surface area contributed by atoms with Gasteiger partial charge < -0.3 is 10.3 Å². The van der Waals surface area contributed by atoms with Crippen LogP contribution in [0.2, 0.25) is 0 Å². The third kappa shape index (κ3) is 1.89. The van der Waals surface area contributed by atoms with Gasteiger partial charge in [-0.3, -0.25) is 0 Å². The molecule has 2 N–H and O–H groups in total. The van der Waals surface area contributed by atoms with E-state index in [1.54, 1.807) is 0 Å². The molecule has 0 aliphatic heterocycles. The summed E-state index contributed by atoms with van der Waals surface area (Å²) in [6.45, 7) is 0. The first kappa shape index (κ1) is 9.47. The van der Waals surface area contributed by atoms with Crippen LogP contribution in [0.1, 0.15) is 5.89 Å². The average molecular weight is 224 g/mol. The zero-order valence-corrected chi connectivity index (χ0v) is 8.06. The number of nitrogens with two attached hydrogens (primary N) is 1. The highest BCUT2D eigenvalue weighted by Crippen LogP contribution is 2.19. The number of nitrogen functional groups attached to an aromatic ring is 1. The molecule has 0 aliphatic carbocycles. The lowest BCUT2D eigenvalue weighted by molar-refractivity contribution is 0.310. The molecule has 8 nitrogen and oxygen atoms in total. The van der Waals surface area contributed by atoms with E-state index in [-0.39, 0.29) is 17.3 Å². The van der Waals surface area contributed by atoms with E-state index in [1.165, 1.54) is 0 Å². The van der Waals surface area contributed by atoms with Gasteiger partial charge in [0.2, 0.25) is 11.7 Å². The third-order valence-electron chi connectivity index (χ3n) is 1.45. The van der Waals surface area contributed by atoms with Crippen molar-refractivity contribution in [1.29, 1.82) is 5.26 Å². The van der Waals surface area contributed by atoms with Crippen LogP contribution >= 0.6 is 11.8 Å². The second kappa shape index (κ2) is 3.97. The molecule has 2 aromatic heterocycles. The summed E-state index contributed by atoms with van der Waals surface area (Å²) in [4.78, 5) is 3.96. The Morgan fingerprint density at radius 3 is 2.93 bits per heavy atom. The van der Waals surface area contributed by atoms with Crippen molar-refractivity contribution in [3.05, 3.63) is 5.89 Å². The minimum Gasteiger partial charge on any atom is -0.379 e. The molecule has 2 rings (SSSR count). The molecule has 0 fully saturated rings. The molecule has 0 aromatic carbocycles. The lowest BCUT2D eigenvalue weighted by Gasteiger charge is -1.83. The Balaban J connectivity index is 2.21. The van der Waals surface area contributed by atoms with Crippen LogP contribution in [-0.2, 0) is 5.75 Å². The molecule has 76 valence electrons. The first-order valence-corrected chi connectivity index (χ1v) is 4.71. The first-order valence-electron chi connectivity index (χ1n) is 3.73. The second-order valence-electron chi connectivity index (χ2n) is 2.39. The smallest absolute Gasteiger partial charge is 0.238 e. The van der Waals surface area contributed by atoms with Gasteiger partial charge in [0.15, 0.2) is 11.5 Å². The molecule has 15 heavy (non-hydrogen) atoms. The number of hydrogen-bond donors (Lipinski definition) is 1. The van der Waals surface area contributed by atoms with Crippen LogP contribution in [0.15, 0.2) is 9.15 Å². The Kier molecular flexibility index (Phi) is 2.51. The van der Waals surface area contributed by atoms with Gasteiger partial charge in [-0.25, -0.2) is 4.63 Å². The fourth-order valence-electron chi connectivity index (χ4n) is 0.854. The quantitative estimate of drug-likeness (QED) is 0.737. The van der Waals surface area contributed by atoms with Crippen LogP contribution in [0.3, 0.4) is 0 Å². The van der Waals surface area contributed by atoms with Gasteiger partial charge in [-0.1, -0.05) is 5.16 Å². The summed E-state index contributed by atoms with van der Waals surface area (Å²) in [5.41, 5.74) is 5.66. The van der Waals surface area contributed by atoms with Crippen molar-refractivity contribution in [2.24, 2.45) is 0 Å². The molecule has 2 heterocycles. The minimum absolute atomic E-state index is 0.0929. The number of thioether (sulfide) groups is 1. The topological polar surface area (TPSA) is 128 Å². The van der Waals surface area contributed by atoms with Crippen LogP contribution in [-0.4, -0.2) is 20.5 Å². The maximum absolute atomic E-state index is 8.33. The molecule has 0 atom stereocenters. The lowest BCUT2D eigenvalue weighted by atomic mass is 10.4. The average Bonchev–Trinajstić information content (AvgIpc) is 2.83. The largest absolute Gasteiger partial charge is 0.379 e. The van der Waals surface area contributed by atoms with Crippen molar-refractivity contribution in [2.45, 2.75) is 5.75 Å². The maximum Gasteiger partial charge on any atom is 0.238 e. The molecular formula is C6H4N6O2S. The Hall–Kier alpha value is -2.08. The molecule has 0 spiro atoms. The summed E-state index contributed by atoms with van der Waals surface area (Å²) in [6, 6.07) is 0. The Labute approximate surface area is 87.4 Å². The number of thiocyanates is 1. The zero-order chi connectivity index (χ0) is 10.7. The van der Waals surface area contributed by atoms with Crippen molar-refractivity contribution in [3.63, 3.8) is 0 Å². The predicted molar refractivity (Wildman–Crippen MR) is 48.9 cm³/mol. The van der Waals surface area contributed by atoms with Gasteiger partial charge in [0, 0.05) is 0 Å². The van der Waals surface area contributed by atoms with Crippen LogP contribution in [0.25, 0.3) is 11.5 Å². The molecule has 9 heteroatoms. The van der Waals surface area contributed by atoms with E-state index in [1.807, 2.05) is 5.40 Å². The Bertz CT molecular complexity index is 500. The summed E-state index contributed by atoms with van der Waals surface area (Å²) >= 11 is 0.995. The Morgan fingerprint density at radius 2 is 2.27 bits per heavy atom. The highest BCUT2D eigenvalue weighted by atomic mass is 32.2. The standard InChI is InChI=1S/C6H4N6O2S/c7-2-15-1-3-9-6(12-13-3)4-5(8)11-14-10-4/h1H2,(H2,8,11). The van der Waals surface area contributed by atoms with Gasteiger partial charge >= 0.3 is 0 Å². The molecular weight excluding hydrogens is 220 g/mol. The van der Waals surface area contributed by atoms with E-state index in [4.69, 9.17) is 15.5 Å². The van der Waals surface area contributed by atoms with E-state index < -0.39 is 0 Å². The van der Waals surface area contributed by atoms with Crippen LogP contribution in [0, 0.1) is 10.7 Å². The number of nitrogens with zero attached hydrogens (tertiary/aromatic N) is 5. The fraction of sp³-hybridized carbons (Fsp3) is 0.167. The predicted octanol–water partition coefficient (Wildman–Crippen LogP) is 0.416. The van der Waals surface area contributed by atoms with Crippen molar-refractivity contribution in [2.75, 3.05) is 5.73 Å². The van der Waals surface area contributed by atoms with E-state index in [0.29, 0.717) is 11.6 Å². The molecule has 0 saturated heterocycles. The molecule has 0 bridgehead atoms. The van der Waals surface area contributed by atoms with Gasteiger partial charge in [-0.2, -0.15) is 10.2 Å². The fourth-order valence-corrected chi connectivity index (χ4v) is 1.16. The summed E-state index contributed by atoms with van der Waals surface area (Å²) in [5.74, 6) is 0.922. The maximum atomic E-state index is 8.33. The van der Waals surface area contributed by atoms with E-state index in [2.05, 4.69) is 25.1 Å². The first-order chi connectivity index (χ1) is 7.31. The van der Waals surface area contributed by atoms with Gasteiger partial charge in [0.05, 0.1) is 5.75 Å². The van der Waals surface area contributed by atoms with E-state index in [0.717, 1.165) is 11.8 Å². The number of aromatic nitrogens is 4. The minimum atomic E-state index is 0.0929. The SMILES string of the molecule is N#CSCc1nc(-c2nonc2N)no1. The zero-order valence-electron chi connectivity index (χ0n) is 7.25. The van der Waals surface area contributed by atoms with Gasteiger partial charge in [-0.05, 0) is 22.1 Å². The molecule has 0 radical (unpaired) electrons. The summed E-state index contributed by atoms with van der Waals surface area (Å²) in [7, 11) is 0. The van der Waals surface area contributed by atoms with E-state index in [9.17, 15) is 0 Å². The molecule has 0 unspecified atom stereocenters. The van der Waals surface area contributed by atoms with Crippen molar-refractivity contribution in [1.82, 2.24) is 20.5 Å².